The molecule has 1 aliphatic rings. The number of anilines is 3. The lowest BCUT2D eigenvalue weighted by molar-refractivity contribution is 0.0107. The number of amides is 3. The van der Waals surface area contributed by atoms with E-state index >= 15 is 0 Å². The number of urea groups is 1. The molecular formula is C43H44N10O5. The van der Waals surface area contributed by atoms with E-state index in [0.717, 1.165) is 16.5 Å². The number of nitrogens with one attached hydrogen (secondary N) is 4. The third-order valence-electron chi connectivity index (χ3n) is 9.36. The highest BCUT2D eigenvalue weighted by molar-refractivity contribution is 6.07. The second-order valence-corrected chi connectivity index (χ2v) is 14.5. The number of nitrogens with zero attached hydrogens (tertiary/aromatic N) is 6. The Kier molecular flexibility index (Phi) is 11.8. The Morgan fingerprint density at radius 1 is 0.966 bits per heavy atom. The first-order chi connectivity index (χ1) is 28.1. The van der Waals surface area contributed by atoms with Crippen LogP contribution in [0.3, 0.4) is 0 Å². The molecule has 0 radical (unpaired) electrons. The Hall–Kier alpha value is -7.02. The molecule has 1 aliphatic heterocycles. The summed E-state index contributed by atoms with van der Waals surface area (Å²) < 4.78 is 18.8. The number of rotatable bonds is 12. The highest BCUT2D eigenvalue weighted by atomic mass is 16.5. The molecule has 15 nitrogen and oxygen atoms in total. The predicted octanol–water partition coefficient (Wildman–Crippen LogP) is 6.45. The van der Waals surface area contributed by atoms with Crippen LogP contribution < -0.4 is 30.7 Å². The zero-order valence-corrected chi connectivity index (χ0v) is 32.6. The van der Waals surface area contributed by atoms with Gasteiger partial charge >= 0.3 is 6.03 Å². The summed E-state index contributed by atoms with van der Waals surface area (Å²) in [7, 11) is 1.55. The summed E-state index contributed by atoms with van der Waals surface area (Å²) in [6.45, 7) is 8.05. The molecule has 1 fully saturated rings. The summed E-state index contributed by atoms with van der Waals surface area (Å²) in [5.74, 6) is 4.45. The summed E-state index contributed by atoms with van der Waals surface area (Å²) in [4.78, 5) is 42.3. The smallest absolute Gasteiger partial charge is 0.324 e. The number of methoxy groups -OCH3 is 1. The highest BCUT2D eigenvalue weighted by Gasteiger charge is 2.26. The molecule has 58 heavy (non-hydrogen) atoms. The summed E-state index contributed by atoms with van der Waals surface area (Å²) in [6.07, 6.45) is 8.40. The molecule has 1 saturated heterocycles. The fourth-order valence-corrected chi connectivity index (χ4v) is 6.33. The molecule has 15 heteroatoms. The Morgan fingerprint density at radius 2 is 1.76 bits per heavy atom. The van der Waals surface area contributed by atoms with Gasteiger partial charge in [-0.1, -0.05) is 69.2 Å². The highest BCUT2D eigenvalue weighted by Crippen LogP contribution is 2.34. The molecule has 2 atom stereocenters. The normalized spacial score (nSPS) is 14.8. The van der Waals surface area contributed by atoms with E-state index in [1.54, 1.807) is 72.7 Å². The molecular weight excluding hydrogens is 737 g/mol. The molecule has 6 aromatic rings. The van der Waals surface area contributed by atoms with Crippen LogP contribution in [0.25, 0.3) is 16.5 Å². The number of hydrogen-bond acceptors (Lipinski definition) is 11. The van der Waals surface area contributed by atoms with Gasteiger partial charge in [0.1, 0.15) is 17.7 Å². The van der Waals surface area contributed by atoms with Gasteiger partial charge in [0.2, 0.25) is 17.7 Å². The average molecular weight is 781 g/mol. The Balaban J connectivity index is 1.09. The summed E-state index contributed by atoms with van der Waals surface area (Å²) in [6, 6.07) is 26.4. The number of ether oxygens (including phenoxy) is 3. The van der Waals surface area contributed by atoms with Crippen molar-refractivity contribution in [3.63, 3.8) is 0 Å². The summed E-state index contributed by atoms with van der Waals surface area (Å²) in [5, 5.41) is 18.5. The maximum absolute atomic E-state index is 13.6. The maximum atomic E-state index is 13.6. The molecule has 3 aromatic heterocycles. The summed E-state index contributed by atoms with van der Waals surface area (Å²) in [5.41, 5.74) is 2.24. The van der Waals surface area contributed by atoms with Crippen LogP contribution in [0.15, 0.2) is 103 Å². The van der Waals surface area contributed by atoms with E-state index in [-0.39, 0.29) is 29.2 Å². The minimum absolute atomic E-state index is 0.236. The van der Waals surface area contributed by atoms with Crippen LogP contribution in [-0.2, 0) is 10.2 Å². The van der Waals surface area contributed by atoms with Crippen molar-refractivity contribution in [1.82, 2.24) is 34.9 Å². The van der Waals surface area contributed by atoms with Gasteiger partial charge in [-0.2, -0.15) is 10.1 Å². The van der Waals surface area contributed by atoms with E-state index in [0.29, 0.717) is 60.7 Å². The Morgan fingerprint density at radius 3 is 2.50 bits per heavy atom. The first kappa shape index (κ1) is 39.2. The third-order valence-corrected chi connectivity index (χ3v) is 9.36. The minimum atomic E-state index is -0.610. The first-order valence-electron chi connectivity index (χ1n) is 18.7. The van der Waals surface area contributed by atoms with Crippen LogP contribution in [0.5, 0.6) is 17.5 Å². The van der Waals surface area contributed by atoms with Gasteiger partial charge in [-0.05, 0) is 30.3 Å². The van der Waals surface area contributed by atoms with E-state index < -0.39 is 12.2 Å². The molecule has 4 N–H and O–H groups in total. The lowest BCUT2D eigenvalue weighted by atomic mass is 9.92. The topological polar surface area (TPSA) is 170 Å². The van der Waals surface area contributed by atoms with Crippen LogP contribution >= 0.6 is 0 Å². The fourth-order valence-electron chi connectivity index (χ4n) is 6.33. The number of benzene rings is 3. The molecule has 7 rings (SSSR count). The van der Waals surface area contributed by atoms with E-state index in [9.17, 15) is 9.59 Å². The van der Waals surface area contributed by atoms with E-state index in [1.807, 2.05) is 42.5 Å². The number of carbonyl (C=O) groups excluding carboxylic acids is 2. The predicted molar refractivity (Wildman–Crippen MR) is 222 cm³/mol. The zero-order valence-electron chi connectivity index (χ0n) is 32.6. The Bertz CT molecular complexity index is 2430. The molecule has 3 aromatic carbocycles. The second-order valence-electron chi connectivity index (χ2n) is 14.5. The van der Waals surface area contributed by atoms with Crippen LogP contribution in [0.1, 0.15) is 36.8 Å². The molecule has 0 bridgehead atoms. The van der Waals surface area contributed by atoms with Gasteiger partial charge in [0, 0.05) is 59.2 Å². The number of fused-ring (bicyclic) bond motifs is 1. The largest absolute Gasteiger partial charge is 0.481 e. The van der Waals surface area contributed by atoms with Gasteiger partial charge in [-0.25, -0.2) is 19.4 Å². The standard InChI is InChI=1S/C43H44N10O5/c1-6-29-27-57-23-22-52(29)26-36(47-40(54)28-12-8-7-9-13-28)48-41-44-21-20-39(50-41)58-34-18-17-33(31-14-10-11-15-32(31)34)46-42(55)49-37-24-35(43(2,3)4)51-53(37)30-16-19-38(56-5)45-25-30/h1,7-21,24-25,29,36H,22-23,26-27H2,2-5H3,(H,47,54)(H,44,48,50)(H2,46,49,55). The quantitative estimate of drug-likeness (QED) is 0.0795. The first-order valence-corrected chi connectivity index (χ1v) is 18.7. The van der Waals surface area contributed by atoms with Gasteiger partial charge < -0.3 is 30.2 Å². The maximum Gasteiger partial charge on any atom is 0.324 e. The zero-order chi connectivity index (χ0) is 40.6. The van der Waals surface area contributed by atoms with Crippen molar-refractivity contribution >= 4 is 40.2 Å². The van der Waals surface area contributed by atoms with Crippen molar-refractivity contribution in [1.29, 1.82) is 0 Å². The van der Waals surface area contributed by atoms with Crippen molar-refractivity contribution in [2.24, 2.45) is 0 Å². The van der Waals surface area contributed by atoms with Gasteiger partial charge in [0.25, 0.3) is 5.91 Å². The molecule has 0 aliphatic carbocycles. The van der Waals surface area contributed by atoms with Crippen molar-refractivity contribution < 1.29 is 23.8 Å². The SMILES string of the molecule is C#CC1COCCN1CC(NC(=O)c1ccccc1)Nc1nccc(Oc2ccc(NC(=O)Nc3cc(C(C)(C)C)nn3-c3ccc(OC)nc3)c3ccccc23)n1. The summed E-state index contributed by atoms with van der Waals surface area (Å²) >= 11 is 0. The van der Waals surface area contributed by atoms with Gasteiger partial charge in [-0.15, -0.1) is 6.42 Å². The van der Waals surface area contributed by atoms with Gasteiger partial charge in [-0.3, -0.25) is 15.0 Å². The van der Waals surface area contributed by atoms with Crippen molar-refractivity contribution in [3.05, 3.63) is 115 Å². The van der Waals surface area contributed by atoms with Crippen molar-refractivity contribution in [3.8, 4) is 35.5 Å². The van der Waals surface area contributed by atoms with Gasteiger partial charge in [0.15, 0.2) is 0 Å². The minimum Gasteiger partial charge on any atom is -0.481 e. The number of pyridine rings is 1. The number of hydrogen-bond donors (Lipinski definition) is 4. The van der Waals surface area contributed by atoms with E-state index in [4.69, 9.17) is 25.7 Å². The number of carbonyl (C=O) groups is 2. The molecule has 4 heterocycles. The van der Waals surface area contributed by atoms with Crippen molar-refractivity contribution in [2.45, 2.75) is 38.4 Å². The van der Waals surface area contributed by atoms with Crippen LogP contribution in [-0.4, -0.2) is 87.2 Å². The fraction of sp³-hybridized carbons (Fsp3) is 0.256. The third kappa shape index (κ3) is 9.32. The lowest BCUT2D eigenvalue weighted by Gasteiger charge is -2.35. The molecule has 0 saturated carbocycles. The van der Waals surface area contributed by atoms with E-state index in [2.05, 4.69) is 67.8 Å². The molecule has 296 valence electrons. The Labute approximate surface area is 336 Å². The van der Waals surface area contributed by atoms with Crippen LogP contribution in [0, 0.1) is 12.3 Å². The van der Waals surface area contributed by atoms with E-state index in [1.165, 1.54) is 0 Å². The van der Waals surface area contributed by atoms with Gasteiger partial charge in [0.05, 0.1) is 49.6 Å². The lowest BCUT2D eigenvalue weighted by Crippen LogP contribution is -2.54. The monoisotopic (exact) mass is 780 g/mol. The number of terminal acetylenes is 1. The molecule has 2 unspecified atom stereocenters. The van der Waals surface area contributed by atoms with Crippen LogP contribution in [0.2, 0.25) is 0 Å². The average Bonchev–Trinajstić information content (AvgIpc) is 3.67. The van der Waals surface area contributed by atoms with Crippen LogP contribution in [0.4, 0.5) is 22.2 Å². The number of morpholine rings is 1. The van der Waals surface area contributed by atoms with Crippen molar-refractivity contribution in [2.75, 3.05) is 49.4 Å². The molecule has 0 spiro atoms. The second kappa shape index (κ2) is 17.4. The molecule has 3 amide bonds. The number of aromatic nitrogens is 5.